The van der Waals surface area contributed by atoms with Gasteiger partial charge in [-0.15, -0.1) is 0 Å². The number of hydrogen-bond acceptors (Lipinski definition) is 4. The molecule has 0 aromatic carbocycles. The molecule has 0 bridgehead atoms. The maximum Gasteiger partial charge on any atom is 0.250 e. The molecular weight excluding hydrogens is 278 g/mol. The lowest BCUT2D eigenvalue weighted by molar-refractivity contribution is -0.155. The van der Waals surface area contributed by atoms with Crippen molar-refractivity contribution >= 4 is 5.91 Å². The monoisotopic (exact) mass is 299 g/mol. The van der Waals surface area contributed by atoms with Crippen LogP contribution in [0.4, 0.5) is 0 Å². The molecule has 1 amide bonds. The van der Waals surface area contributed by atoms with Gasteiger partial charge in [0.15, 0.2) is 0 Å². The van der Waals surface area contributed by atoms with Gasteiger partial charge in [0.05, 0.1) is 23.6 Å². The average Bonchev–Trinajstić information content (AvgIpc) is 2.86. The Kier molecular flexibility index (Phi) is 3.83. The molecule has 0 radical (unpaired) electrons. The Hall–Kier alpha value is -2.00. The summed E-state index contributed by atoms with van der Waals surface area (Å²) in [5.74, 6) is 0.0610. The fourth-order valence-corrected chi connectivity index (χ4v) is 3.39. The number of hydrogen-bond donors (Lipinski definition) is 0. The predicted octanol–water partition coefficient (Wildman–Crippen LogP) is 1.99. The fourth-order valence-electron chi connectivity index (χ4n) is 3.39. The normalized spacial score (nSPS) is 29.0. The van der Waals surface area contributed by atoms with Gasteiger partial charge in [0.1, 0.15) is 5.41 Å². The van der Waals surface area contributed by atoms with Crippen LogP contribution >= 0.6 is 0 Å². The lowest BCUT2D eigenvalue weighted by Crippen LogP contribution is -2.47. The molecule has 3 heterocycles. The second kappa shape index (κ2) is 5.65. The van der Waals surface area contributed by atoms with E-state index in [2.05, 4.69) is 19.8 Å². The summed E-state index contributed by atoms with van der Waals surface area (Å²) in [7, 11) is 0. The summed E-state index contributed by atoms with van der Waals surface area (Å²) < 4.78 is 0. The van der Waals surface area contributed by atoms with Crippen molar-refractivity contribution in [3.05, 3.63) is 35.2 Å². The first-order valence-electron chi connectivity index (χ1n) is 7.75. The van der Waals surface area contributed by atoms with Gasteiger partial charge >= 0.3 is 0 Å². The van der Waals surface area contributed by atoms with Crippen LogP contribution in [0.3, 0.4) is 0 Å². The summed E-state index contributed by atoms with van der Waals surface area (Å²) in [6, 6.07) is -0.0521. The van der Waals surface area contributed by atoms with Gasteiger partial charge in [0, 0.05) is 19.3 Å². The van der Waals surface area contributed by atoms with E-state index >= 15 is 0 Å². The molecule has 3 rings (SSSR count). The summed E-state index contributed by atoms with van der Waals surface area (Å²) in [6.45, 7) is 13.0. The SMILES string of the molecule is [C-]#[N+]CC1(C)CCCN2CCC(c3cnc(C)cn3)N2C1=O. The zero-order chi connectivity index (χ0) is 15.7. The number of carbonyl (C=O) groups is 1. The Morgan fingerprint density at radius 2 is 2.23 bits per heavy atom. The van der Waals surface area contributed by atoms with Crippen LogP contribution in [0.15, 0.2) is 12.4 Å². The molecule has 2 aliphatic rings. The summed E-state index contributed by atoms with van der Waals surface area (Å²) in [4.78, 5) is 25.4. The van der Waals surface area contributed by atoms with Crippen molar-refractivity contribution in [1.82, 2.24) is 20.0 Å². The molecule has 0 N–H and O–H groups in total. The van der Waals surface area contributed by atoms with Crippen LogP contribution in [-0.4, -0.2) is 45.5 Å². The van der Waals surface area contributed by atoms with E-state index in [0.29, 0.717) is 0 Å². The number of carbonyl (C=O) groups excluding carboxylic acids is 1. The lowest BCUT2D eigenvalue weighted by atomic mass is 9.84. The average molecular weight is 299 g/mol. The van der Waals surface area contributed by atoms with Crippen molar-refractivity contribution in [3.8, 4) is 0 Å². The first kappa shape index (κ1) is 14.9. The molecule has 0 spiro atoms. The summed E-state index contributed by atoms with van der Waals surface area (Å²) in [5.41, 5.74) is 1.13. The first-order valence-corrected chi connectivity index (χ1v) is 7.75. The molecule has 2 fully saturated rings. The van der Waals surface area contributed by atoms with Gasteiger partial charge in [0.2, 0.25) is 6.54 Å². The molecule has 0 saturated carbocycles. The number of aromatic nitrogens is 2. The van der Waals surface area contributed by atoms with Crippen molar-refractivity contribution < 1.29 is 4.79 Å². The van der Waals surface area contributed by atoms with Gasteiger partial charge in [-0.25, -0.2) is 11.6 Å². The highest BCUT2D eigenvalue weighted by molar-refractivity contribution is 5.83. The number of nitrogens with zero attached hydrogens (tertiary/aromatic N) is 5. The van der Waals surface area contributed by atoms with Crippen molar-refractivity contribution in [3.63, 3.8) is 0 Å². The van der Waals surface area contributed by atoms with Crippen LogP contribution in [0.5, 0.6) is 0 Å². The topological polar surface area (TPSA) is 53.7 Å². The van der Waals surface area contributed by atoms with E-state index in [0.717, 1.165) is 43.7 Å². The van der Waals surface area contributed by atoms with Crippen molar-refractivity contribution in [1.29, 1.82) is 0 Å². The van der Waals surface area contributed by atoms with Crippen LogP contribution in [-0.2, 0) is 4.79 Å². The van der Waals surface area contributed by atoms with E-state index in [-0.39, 0.29) is 18.5 Å². The molecule has 2 saturated heterocycles. The van der Waals surface area contributed by atoms with Gasteiger partial charge < -0.3 is 4.85 Å². The van der Waals surface area contributed by atoms with Crippen molar-refractivity contribution in [2.45, 2.75) is 39.2 Å². The molecule has 0 aliphatic carbocycles. The summed E-state index contributed by atoms with van der Waals surface area (Å²) >= 11 is 0. The first-order chi connectivity index (χ1) is 10.5. The third-order valence-corrected chi connectivity index (χ3v) is 4.70. The van der Waals surface area contributed by atoms with E-state index in [1.54, 1.807) is 12.4 Å². The van der Waals surface area contributed by atoms with E-state index in [4.69, 9.17) is 6.57 Å². The minimum atomic E-state index is -0.586. The molecule has 116 valence electrons. The lowest BCUT2D eigenvalue weighted by Gasteiger charge is -2.33. The third kappa shape index (κ3) is 2.46. The van der Waals surface area contributed by atoms with Crippen LogP contribution < -0.4 is 0 Å². The van der Waals surface area contributed by atoms with Gasteiger partial charge in [-0.1, -0.05) is 0 Å². The maximum atomic E-state index is 13.1. The molecule has 2 unspecified atom stereocenters. The highest BCUT2D eigenvalue weighted by Crippen LogP contribution is 2.39. The molecular formula is C16H21N5O. The van der Waals surface area contributed by atoms with Gasteiger partial charge in [-0.2, -0.15) is 0 Å². The highest BCUT2D eigenvalue weighted by Gasteiger charge is 2.48. The zero-order valence-corrected chi connectivity index (χ0v) is 13.1. The minimum absolute atomic E-state index is 0.0521. The molecule has 6 nitrogen and oxygen atoms in total. The number of amides is 1. The van der Waals surface area contributed by atoms with E-state index in [1.165, 1.54) is 0 Å². The Bertz CT molecular complexity index is 608. The molecule has 6 heteroatoms. The minimum Gasteiger partial charge on any atom is -0.316 e. The van der Waals surface area contributed by atoms with Crippen LogP contribution in [0, 0.1) is 18.9 Å². The maximum absolute atomic E-state index is 13.1. The largest absolute Gasteiger partial charge is 0.316 e. The second-order valence-corrected chi connectivity index (χ2v) is 6.47. The fraction of sp³-hybridized carbons (Fsp3) is 0.625. The predicted molar refractivity (Wildman–Crippen MR) is 81.4 cm³/mol. The number of aryl methyl sites for hydroxylation is 1. The smallest absolute Gasteiger partial charge is 0.250 e. The molecule has 22 heavy (non-hydrogen) atoms. The van der Waals surface area contributed by atoms with Crippen LogP contribution in [0.2, 0.25) is 0 Å². The summed E-state index contributed by atoms with van der Waals surface area (Å²) in [6.07, 6.45) is 6.11. The van der Waals surface area contributed by atoms with E-state index in [9.17, 15) is 4.79 Å². The van der Waals surface area contributed by atoms with E-state index in [1.807, 2.05) is 18.9 Å². The van der Waals surface area contributed by atoms with E-state index < -0.39 is 5.41 Å². The Morgan fingerprint density at radius 1 is 1.41 bits per heavy atom. The summed E-state index contributed by atoms with van der Waals surface area (Å²) in [5, 5.41) is 3.99. The van der Waals surface area contributed by atoms with Crippen LogP contribution in [0.1, 0.15) is 43.6 Å². The Labute approximate surface area is 130 Å². The molecule has 1 aromatic heterocycles. The highest BCUT2D eigenvalue weighted by atomic mass is 16.2. The quantitative estimate of drug-likeness (QED) is 0.784. The number of hydrazine groups is 1. The van der Waals surface area contributed by atoms with Gasteiger partial charge in [-0.3, -0.25) is 19.8 Å². The standard InChI is InChI=1S/C16H21N5O/c1-12-9-19-13(10-18-12)14-5-8-20-7-4-6-16(2,11-17-3)15(22)21(14)20/h9-10,14H,4-8,11H2,1-2H3. The zero-order valence-electron chi connectivity index (χ0n) is 13.1. The van der Waals surface area contributed by atoms with Gasteiger partial charge in [-0.05, 0) is 33.1 Å². The molecule has 1 aromatic rings. The van der Waals surface area contributed by atoms with Crippen molar-refractivity contribution in [2.75, 3.05) is 19.6 Å². The Morgan fingerprint density at radius 3 is 2.91 bits per heavy atom. The number of fused-ring (bicyclic) bond motifs is 1. The van der Waals surface area contributed by atoms with Gasteiger partial charge in [0.25, 0.3) is 5.91 Å². The van der Waals surface area contributed by atoms with Crippen LogP contribution in [0.25, 0.3) is 4.85 Å². The molecule has 2 aliphatic heterocycles. The second-order valence-electron chi connectivity index (χ2n) is 6.47. The Balaban J connectivity index is 1.93. The van der Waals surface area contributed by atoms with Crippen molar-refractivity contribution in [2.24, 2.45) is 5.41 Å². The number of rotatable bonds is 2. The third-order valence-electron chi connectivity index (χ3n) is 4.70. The molecule has 2 atom stereocenters.